The quantitative estimate of drug-likeness (QED) is 0.865. The highest BCUT2D eigenvalue weighted by Crippen LogP contribution is 2.26. The van der Waals surface area contributed by atoms with Crippen molar-refractivity contribution in [3.63, 3.8) is 0 Å². The Morgan fingerprint density at radius 1 is 1.43 bits per heavy atom. The maximum atomic E-state index is 11.9. The SMILES string of the molecule is CCOC(=O)C1CCCc2cc3ccccc3nc2N1.Cl. The molecule has 0 aliphatic carbocycles. The van der Waals surface area contributed by atoms with Gasteiger partial charge >= 0.3 is 5.97 Å². The van der Waals surface area contributed by atoms with Crippen molar-refractivity contribution in [3.8, 4) is 0 Å². The van der Waals surface area contributed by atoms with Gasteiger partial charge in [0.25, 0.3) is 0 Å². The van der Waals surface area contributed by atoms with Gasteiger partial charge in [-0.2, -0.15) is 0 Å². The summed E-state index contributed by atoms with van der Waals surface area (Å²) in [6.45, 7) is 2.24. The molecule has 0 spiro atoms. The summed E-state index contributed by atoms with van der Waals surface area (Å²) in [6.07, 6.45) is 2.69. The molecular formula is C16H19ClN2O2. The number of hydrogen-bond donors (Lipinski definition) is 1. The van der Waals surface area contributed by atoms with Crippen LogP contribution < -0.4 is 5.32 Å². The summed E-state index contributed by atoms with van der Waals surface area (Å²) < 4.78 is 5.11. The number of hydrogen-bond acceptors (Lipinski definition) is 4. The Balaban J connectivity index is 0.00000161. The topological polar surface area (TPSA) is 51.2 Å². The van der Waals surface area contributed by atoms with Crippen LogP contribution in [0.25, 0.3) is 10.9 Å². The summed E-state index contributed by atoms with van der Waals surface area (Å²) in [5, 5.41) is 4.39. The first-order valence-electron chi connectivity index (χ1n) is 7.10. The third-order valence-electron chi connectivity index (χ3n) is 3.62. The zero-order valence-corrected chi connectivity index (χ0v) is 12.8. The van der Waals surface area contributed by atoms with Gasteiger partial charge in [-0.05, 0) is 43.9 Å². The number of aromatic nitrogens is 1. The Morgan fingerprint density at radius 3 is 3.05 bits per heavy atom. The van der Waals surface area contributed by atoms with Gasteiger partial charge in [-0.1, -0.05) is 18.2 Å². The first-order chi connectivity index (χ1) is 9.78. The molecule has 1 unspecified atom stereocenters. The standard InChI is InChI=1S/C16H18N2O2.ClH/c1-2-20-16(19)14-9-5-7-12-10-11-6-3-4-8-13(11)17-15(12)18-14;/h3-4,6,8,10,14H,2,5,7,9H2,1H3,(H,17,18);1H. The van der Waals surface area contributed by atoms with Crippen LogP contribution in [0.3, 0.4) is 0 Å². The van der Waals surface area contributed by atoms with Crippen LogP contribution in [-0.2, 0) is 16.0 Å². The molecule has 0 saturated carbocycles. The largest absolute Gasteiger partial charge is 0.464 e. The summed E-state index contributed by atoms with van der Waals surface area (Å²) in [5.74, 6) is 0.634. The van der Waals surface area contributed by atoms with Crippen LogP contribution in [0.15, 0.2) is 30.3 Å². The van der Waals surface area contributed by atoms with Crippen LogP contribution in [0.1, 0.15) is 25.3 Å². The van der Waals surface area contributed by atoms with Gasteiger partial charge in [-0.15, -0.1) is 12.4 Å². The summed E-state index contributed by atoms with van der Waals surface area (Å²) in [7, 11) is 0. The Kier molecular flexibility index (Phi) is 5.02. The van der Waals surface area contributed by atoms with Gasteiger partial charge in [0.1, 0.15) is 11.9 Å². The lowest BCUT2D eigenvalue weighted by atomic mass is 10.1. The average Bonchev–Trinajstić information content (AvgIpc) is 2.67. The van der Waals surface area contributed by atoms with E-state index in [0.29, 0.717) is 6.61 Å². The number of esters is 1. The molecule has 2 aromatic rings. The molecule has 1 N–H and O–H groups in total. The van der Waals surface area contributed by atoms with Gasteiger partial charge in [0, 0.05) is 5.39 Å². The van der Waals surface area contributed by atoms with Gasteiger partial charge < -0.3 is 10.1 Å². The number of benzene rings is 1. The van der Waals surface area contributed by atoms with Crippen molar-refractivity contribution in [2.24, 2.45) is 0 Å². The number of anilines is 1. The molecule has 112 valence electrons. The number of carbonyl (C=O) groups is 1. The van der Waals surface area contributed by atoms with Crippen LogP contribution in [-0.4, -0.2) is 23.6 Å². The lowest BCUT2D eigenvalue weighted by Crippen LogP contribution is -2.31. The molecule has 0 saturated heterocycles. The zero-order valence-electron chi connectivity index (χ0n) is 12.0. The van der Waals surface area contributed by atoms with E-state index in [1.807, 2.05) is 25.1 Å². The monoisotopic (exact) mass is 306 g/mol. The van der Waals surface area contributed by atoms with Gasteiger partial charge in [0.15, 0.2) is 0 Å². The number of aryl methyl sites for hydroxylation is 1. The summed E-state index contributed by atoms with van der Waals surface area (Å²) in [4.78, 5) is 16.6. The second-order valence-electron chi connectivity index (χ2n) is 5.03. The fourth-order valence-corrected chi connectivity index (χ4v) is 2.63. The molecule has 1 atom stereocenters. The Labute approximate surface area is 130 Å². The van der Waals surface area contributed by atoms with Gasteiger partial charge in [0.05, 0.1) is 12.1 Å². The van der Waals surface area contributed by atoms with Crippen molar-refractivity contribution in [2.75, 3.05) is 11.9 Å². The Hall–Kier alpha value is -1.81. The minimum atomic E-state index is -0.287. The summed E-state index contributed by atoms with van der Waals surface area (Å²) >= 11 is 0. The van der Waals surface area contributed by atoms with Gasteiger partial charge in [-0.3, -0.25) is 0 Å². The molecule has 4 nitrogen and oxygen atoms in total. The number of fused-ring (bicyclic) bond motifs is 2. The van der Waals surface area contributed by atoms with Gasteiger partial charge in [-0.25, -0.2) is 9.78 Å². The number of pyridine rings is 1. The van der Waals surface area contributed by atoms with Crippen molar-refractivity contribution >= 4 is 35.1 Å². The Bertz CT molecular complexity index is 645. The molecule has 2 heterocycles. The van der Waals surface area contributed by atoms with E-state index in [-0.39, 0.29) is 24.4 Å². The molecule has 0 fully saturated rings. The van der Waals surface area contributed by atoms with Crippen LogP contribution in [0, 0.1) is 0 Å². The van der Waals surface area contributed by atoms with Crippen LogP contribution in [0.2, 0.25) is 0 Å². The third kappa shape index (κ3) is 3.27. The van der Waals surface area contributed by atoms with E-state index >= 15 is 0 Å². The molecule has 1 aliphatic rings. The summed E-state index contributed by atoms with van der Waals surface area (Å²) in [5.41, 5.74) is 2.12. The smallest absolute Gasteiger partial charge is 0.328 e. The van der Waals surface area contributed by atoms with E-state index in [1.165, 1.54) is 5.56 Å². The number of ether oxygens (including phenoxy) is 1. The normalized spacial score (nSPS) is 17.1. The molecule has 1 aromatic heterocycles. The fraction of sp³-hybridized carbons (Fsp3) is 0.375. The number of carbonyl (C=O) groups excluding carboxylic acids is 1. The highest BCUT2D eigenvalue weighted by molar-refractivity contribution is 5.85. The van der Waals surface area contributed by atoms with E-state index < -0.39 is 0 Å². The highest BCUT2D eigenvalue weighted by atomic mass is 35.5. The molecule has 3 rings (SSSR count). The van der Waals surface area contributed by atoms with Crippen LogP contribution in [0.4, 0.5) is 5.82 Å². The maximum Gasteiger partial charge on any atom is 0.328 e. The third-order valence-corrected chi connectivity index (χ3v) is 3.62. The number of para-hydroxylation sites is 1. The molecule has 0 amide bonds. The molecular weight excluding hydrogens is 288 g/mol. The second-order valence-corrected chi connectivity index (χ2v) is 5.03. The van der Waals surface area contributed by atoms with Crippen LogP contribution >= 0.6 is 12.4 Å². The Morgan fingerprint density at radius 2 is 2.24 bits per heavy atom. The van der Waals surface area contributed by atoms with E-state index in [4.69, 9.17) is 4.74 Å². The fourth-order valence-electron chi connectivity index (χ4n) is 2.63. The van der Waals surface area contributed by atoms with Crippen molar-refractivity contribution in [2.45, 2.75) is 32.2 Å². The second kappa shape index (κ2) is 6.76. The van der Waals surface area contributed by atoms with Crippen molar-refractivity contribution in [1.82, 2.24) is 4.98 Å². The minimum Gasteiger partial charge on any atom is -0.464 e. The predicted molar refractivity (Wildman–Crippen MR) is 86.0 cm³/mol. The lowest BCUT2D eigenvalue weighted by molar-refractivity contribution is -0.144. The zero-order chi connectivity index (χ0) is 13.9. The van der Waals surface area contributed by atoms with E-state index in [1.54, 1.807) is 0 Å². The number of nitrogens with zero attached hydrogens (tertiary/aromatic N) is 1. The van der Waals surface area contributed by atoms with E-state index in [9.17, 15) is 4.79 Å². The van der Waals surface area contributed by atoms with Crippen molar-refractivity contribution < 1.29 is 9.53 Å². The first-order valence-corrected chi connectivity index (χ1v) is 7.10. The highest BCUT2D eigenvalue weighted by Gasteiger charge is 2.24. The van der Waals surface area contributed by atoms with Crippen molar-refractivity contribution in [1.29, 1.82) is 0 Å². The first kappa shape index (κ1) is 15.6. The molecule has 5 heteroatoms. The number of rotatable bonds is 2. The molecule has 0 radical (unpaired) electrons. The average molecular weight is 307 g/mol. The number of halogens is 1. The molecule has 0 bridgehead atoms. The predicted octanol–water partition coefficient (Wildman–Crippen LogP) is 3.34. The maximum absolute atomic E-state index is 11.9. The molecule has 1 aromatic carbocycles. The number of nitrogens with one attached hydrogen (secondary N) is 1. The van der Waals surface area contributed by atoms with Gasteiger partial charge in [0.2, 0.25) is 0 Å². The lowest BCUT2D eigenvalue weighted by Gasteiger charge is -2.16. The summed E-state index contributed by atoms with van der Waals surface area (Å²) in [6, 6.07) is 9.92. The molecule has 21 heavy (non-hydrogen) atoms. The van der Waals surface area contributed by atoms with E-state index in [2.05, 4.69) is 22.4 Å². The minimum absolute atomic E-state index is 0. The van der Waals surface area contributed by atoms with Crippen molar-refractivity contribution in [3.05, 3.63) is 35.9 Å². The van der Waals surface area contributed by atoms with Crippen LogP contribution in [0.5, 0.6) is 0 Å². The molecule has 1 aliphatic heterocycles. The van der Waals surface area contributed by atoms with E-state index in [0.717, 1.165) is 36.0 Å².